The van der Waals surface area contributed by atoms with Crippen molar-refractivity contribution in [3.63, 3.8) is 0 Å². The van der Waals surface area contributed by atoms with Gasteiger partial charge >= 0.3 is 0 Å². The Morgan fingerprint density at radius 3 is 1.68 bits per heavy atom. The van der Waals surface area contributed by atoms with Gasteiger partial charge in [-0.25, -0.2) is 0 Å². The molecule has 0 saturated heterocycles. The quantitative estimate of drug-likeness (QED) is 0.121. The lowest BCUT2D eigenvalue weighted by molar-refractivity contribution is 0.669. The van der Waals surface area contributed by atoms with Crippen molar-refractivity contribution in [3.05, 3.63) is 243 Å². The van der Waals surface area contributed by atoms with Crippen LogP contribution in [-0.2, 0) is 0 Å². The fraction of sp³-hybridized carbons (Fsp3) is 0. The Morgan fingerprint density at radius 1 is 0.387 bits per heavy atom. The van der Waals surface area contributed by atoms with Crippen molar-refractivity contribution >= 4 is 68.0 Å². The molecule has 62 heavy (non-hydrogen) atoms. The zero-order valence-corrected chi connectivity index (χ0v) is 34.3. The molecule has 0 saturated carbocycles. The van der Waals surface area contributed by atoms with Gasteiger partial charge in [-0.3, -0.25) is 0 Å². The fourth-order valence-electron chi connectivity index (χ4n) is 8.64. The highest BCUT2D eigenvalue weighted by Crippen LogP contribution is 2.44. The molecule has 0 fully saturated rings. The van der Waals surface area contributed by atoms with Crippen LogP contribution in [0.1, 0.15) is 16.7 Å². The Kier molecular flexibility index (Phi) is 10.1. The Hall–Kier alpha value is -8.20. The maximum absolute atomic E-state index is 6.42. The van der Waals surface area contributed by atoms with E-state index in [4.69, 9.17) is 4.42 Å². The summed E-state index contributed by atoms with van der Waals surface area (Å²) < 4.78 is 6.42. The molecule has 1 heterocycles. The number of para-hydroxylation sites is 1. The van der Waals surface area contributed by atoms with Gasteiger partial charge in [-0.15, -0.1) is 0 Å². The molecule has 0 N–H and O–H groups in total. The molecule has 0 atom stereocenters. The summed E-state index contributed by atoms with van der Waals surface area (Å²) in [5, 5.41) is 4.57. The Balaban J connectivity index is 1.10. The Bertz CT molecular complexity index is 3330. The van der Waals surface area contributed by atoms with Crippen LogP contribution in [-0.4, -0.2) is 0 Å². The van der Waals surface area contributed by atoms with Crippen LogP contribution in [0.5, 0.6) is 0 Å². The van der Waals surface area contributed by atoms with Crippen LogP contribution in [0.15, 0.2) is 230 Å². The van der Waals surface area contributed by atoms with Gasteiger partial charge in [0.25, 0.3) is 0 Å². The lowest BCUT2D eigenvalue weighted by Gasteiger charge is -2.28. The van der Waals surface area contributed by atoms with E-state index >= 15 is 0 Å². The molecule has 0 radical (unpaired) electrons. The first-order chi connectivity index (χ1) is 30.6. The maximum atomic E-state index is 6.42. The largest absolute Gasteiger partial charge is 0.456 e. The second-order valence-electron chi connectivity index (χ2n) is 15.5. The normalized spacial score (nSPS) is 11.4. The second-order valence-corrected chi connectivity index (χ2v) is 15.5. The van der Waals surface area contributed by atoms with Crippen LogP contribution >= 0.6 is 0 Å². The monoisotopic (exact) mass is 793 g/mol. The first-order valence-corrected chi connectivity index (χ1v) is 20.9. The van der Waals surface area contributed by atoms with Crippen molar-refractivity contribution in [2.24, 2.45) is 0 Å². The van der Waals surface area contributed by atoms with Crippen molar-refractivity contribution in [3.8, 4) is 44.5 Å². The molecule has 0 aliphatic carbocycles. The third-order valence-electron chi connectivity index (χ3n) is 11.8. The molecule has 0 bridgehead atoms. The summed E-state index contributed by atoms with van der Waals surface area (Å²) in [5.74, 6) is 0. The van der Waals surface area contributed by atoms with E-state index in [1.165, 1.54) is 27.5 Å². The highest BCUT2D eigenvalue weighted by atomic mass is 16.3. The summed E-state index contributed by atoms with van der Waals surface area (Å²) in [6, 6.07) is 69.5. The van der Waals surface area contributed by atoms with Crippen molar-refractivity contribution in [2.75, 3.05) is 4.90 Å². The highest BCUT2D eigenvalue weighted by Gasteiger charge is 2.19. The zero-order chi connectivity index (χ0) is 42.0. The van der Waals surface area contributed by atoms with Crippen molar-refractivity contribution in [1.82, 2.24) is 0 Å². The highest BCUT2D eigenvalue weighted by molar-refractivity contribution is 6.11. The van der Waals surface area contributed by atoms with Gasteiger partial charge in [0.2, 0.25) is 0 Å². The molecule has 2 heteroatoms. The zero-order valence-electron chi connectivity index (χ0n) is 34.3. The number of nitrogens with zero attached hydrogens (tertiary/aromatic N) is 1. The molecular formula is C60H43NO. The summed E-state index contributed by atoms with van der Waals surface area (Å²) in [5.41, 5.74) is 17.2. The van der Waals surface area contributed by atoms with E-state index < -0.39 is 0 Å². The van der Waals surface area contributed by atoms with Crippen LogP contribution in [0.4, 0.5) is 17.1 Å². The van der Waals surface area contributed by atoms with E-state index in [0.29, 0.717) is 0 Å². The molecule has 0 amide bonds. The predicted molar refractivity (Wildman–Crippen MR) is 267 cm³/mol. The van der Waals surface area contributed by atoms with E-state index in [1.807, 2.05) is 18.2 Å². The molecule has 2 nitrogen and oxygen atoms in total. The van der Waals surface area contributed by atoms with E-state index in [1.54, 1.807) is 6.08 Å². The SMILES string of the molecule is C=C/C=C\c1cc(C=C)c(C=C)cc1-c1ccc(N(c2ccc(-c3cccc(-c4ccccc4)c3)cc2)c2ccccc2-c2ccc3oc4cc5ccccc5cc4c3c2)cc1. The first kappa shape index (κ1) is 38.0. The van der Waals surface area contributed by atoms with Gasteiger partial charge in [0.15, 0.2) is 0 Å². The molecule has 10 aromatic rings. The average Bonchev–Trinajstić information content (AvgIpc) is 3.69. The minimum atomic E-state index is 0.874. The van der Waals surface area contributed by atoms with Crippen molar-refractivity contribution in [1.29, 1.82) is 0 Å². The molecule has 10 rings (SSSR count). The molecule has 0 aliphatic heterocycles. The van der Waals surface area contributed by atoms with Crippen LogP contribution < -0.4 is 4.90 Å². The number of rotatable bonds is 11. The number of anilines is 3. The number of hydrogen-bond acceptors (Lipinski definition) is 2. The molecule has 0 aliphatic rings. The molecular weight excluding hydrogens is 751 g/mol. The van der Waals surface area contributed by atoms with Crippen LogP contribution in [0.25, 0.3) is 95.4 Å². The van der Waals surface area contributed by atoms with Gasteiger partial charge in [0.1, 0.15) is 11.2 Å². The van der Waals surface area contributed by atoms with Gasteiger partial charge in [0.05, 0.1) is 5.69 Å². The Morgan fingerprint density at radius 2 is 0.968 bits per heavy atom. The van der Waals surface area contributed by atoms with Gasteiger partial charge in [-0.2, -0.15) is 0 Å². The summed E-state index contributed by atoms with van der Waals surface area (Å²) >= 11 is 0. The minimum Gasteiger partial charge on any atom is -0.456 e. The van der Waals surface area contributed by atoms with E-state index in [2.05, 4.69) is 225 Å². The van der Waals surface area contributed by atoms with Crippen molar-refractivity contribution < 1.29 is 4.42 Å². The van der Waals surface area contributed by atoms with Gasteiger partial charge in [0, 0.05) is 27.7 Å². The van der Waals surface area contributed by atoms with Gasteiger partial charge in [-0.1, -0.05) is 171 Å². The van der Waals surface area contributed by atoms with Crippen LogP contribution in [0, 0.1) is 0 Å². The lowest BCUT2D eigenvalue weighted by atomic mass is 9.93. The number of furan rings is 1. The standard InChI is InChI=1S/C60H43NO/c1-4-7-16-50-35-41(5-2)42(6-3)37-55(50)45-27-32-53(33-28-45)61(52-30-25-44(26-31-52)47-22-15-21-46(36-47)43-17-9-8-10-18-43)58-24-14-13-23-54(58)51-29-34-59-56(39-51)57-38-48-19-11-12-20-49(48)40-60(57)62-59/h4-40H,1-3H2/b16-7-. The van der Waals surface area contributed by atoms with E-state index in [0.717, 1.165) is 83.5 Å². The number of fused-ring (bicyclic) bond motifs is 4. The molecule has 294 valence electrons. The smallest absolute Gasteiger partial charge is 0.136 e. The minimum absolute atomic E-state index is 0.874. The molecule has 0 spiro atoms. The third-order valence-corrected chi connectivity index (χ3v) is 11.8. The average molecular weight is 794 g/mol. The third kappa shape index (κ3) is 7.14. The number of benzene rings is 9. The summed E-state index contributed by atoms with van der Waals surface area (Å²) in [4.78, 5) is 2.36. The van der Waals surface area contributed by atoms with Gasteiger partial charge in [-0.05, 0) is 139 Å². The van der Waals surface area contributed by atoms with Crippen molar-refractivity contribution in [2.45, 2.75) is 0 Å². The molecule has 9 aromatic carbocycles. The Labute approximate surface area is 363 Å². The predicted octanol–water partition coefficient (Wildman–Crippen LogP) is 17.4. The molecule has 1 aromatic heterocycles. The van der Waals surface area contributed by atoms with Crippen LogP contribution in [0.2, 0.25) is 0 Å². The lowest BCUT2D eigenvalue weighted by Crippen LogP contribution is -2.11. The fourth-order valence-corrected chi connectivity index (χ4v) is 8.64. The second kappa shape index (κ2) is 16.5. The summed E-state index contributed by atoms with van der Waals surface area (Å²) in [6.07, 6.45) is 9.64. The summed E-state index contributed by atoms with van der Waals surface area (Å²) in [7, 11) is 0. The molecule has 0 unspecified atom stereocenters. The number of allylic oxidation sites excluding steroid dienone is 2. The van der Waals surface area contributed by atoms with E-state index in [-0.39, 0.29) is 0 Å². The maximum Gasteiger partial charge on any atom is 0.136 e. The summed E-state index contributed by atoms with van der Waals surface area (Å²) in [6.45, 7) is 12.1. The first-order valence-electron chi connectivity index (χ1n) is 20.9. The number of hydrogen-bond donors (Lipinski definition) is 0. The van der Waals surface area contributed by atoms with Gasteiger partial charge < -0.3 is 9.32 Å². The van der Waals surface area contributed by atoms with Crippen LogP contribution in [0.3, 0.4) is 0 Å². The topological polar surface area (TPSA) is 16.4 Å². The van der Waals surface area contributed by atoms with E-state index in [9.17, 15) is 0 Å².